The van der Waals surface area contributed by atoms with Gasteiger partial charge in [-0.05, 0) is 0 Å². The summed E-state index contributed by atoms with van der Waals surface area (Å²) in [6.45, 7) is 0. The fourth-order valence-corrected chi connectivity index (χ4v) is 0.978. The van der Waals surface area contributed by atoms with Crippen molar-refractivity contribution >= 4 is 20.8 Å². The average molecular weight is 212 g/mol. The fraction of sp³-hybridized carbons (Fsp3) is 0. The molecule has 0 rings (SSSR count). The Labute approximate surface area is 63.4 Å². The van der Waals surface area contributed by atoms with Crippen molar-refractivity contribution in [3.8, 4) is 0 Å². The summed E-state index contributed by atoms with van der Waals surface area (Å²) in [5.41, 5.74) is 0. The molecule has 0 atom stereocenters. The molecule has 0 aliphatic carbocycles. The maximum absolute atomic E-state index is 9.44. The fourth-order valence-electron chi connectivity index (χ4n) is 0.109. The predicted molar refractivity (Wildman–Crippen MR) is 34.2 cm³/mol. The van der Waals surface area contributed by atoms with E-state index in [1.54, 1.807) is 0 Å². The summed E-state index contributed by atoms with van der Waals surface area (Å²) in [5.74, 6) is 0. The molecule has 0 aliphatic rings. The van der Waals surface area contributed by atoms with Crippen LogP contribution in [0.1, 0.15) is 0 Å². The second kappa shape index (κ2) is 4.55. The molecule has 0 saturated heterocycles. The lowest BCUT2D eigenvalue weighted by Gasteiger charge is -1.89. The molecule has 8 N–H and O–H groups in total. The predicted octanol–water partition coefficient (Wildman–Crippen LogP) is -1.07. The third kappa shape index (κ3) is 17.7. The van der Waals surface area contributed by atoms with E-state index in [1.165, 1.54) is 0 Å². The van der Waals surface area contributed by atoms with Crippen LogP contribution in [0.5, 0.6) is 0 Å². The lowest BCUT2D eigenvalue weighted by atomic mass is 14.0. The van der Waals surface area contributed by atoms with Gasteiger partial charge in [0.1, 0.15) is 0 Å². The molecule has 0 spiro atoms. The first-order chi connectivity index (χ1) is 3.71. The molecule has 9 nitrogen and oxygen atoms in total. The van der Waals surface area contributed by atoms with Crippen LogP contribution in [0.25, 0.3) is 0 Å². The highest BCUT2D eigenvalue weighted by Gasteiger charge is 2.15. The summed E-state index contributed by atoms with van der Waals surface area (Å²) in [4.78, 5) is 0. The molecule has 0 heterocycles. The summed E-state index contributed by atoms with van der Waals surface area (Å²) in [7, 11) is -10.2. The zero-order valence-corrected chi connectivity index (χ0v) is 6.80. The molecule has 0 fully saturated rings. The molecule has 11 heavy (non-hydrogen) atoms. The maximum atomic E-state index is 9.44. The zero-order valence-electron chi connectivity index (χ0n) is 5.17. The van der Waals surface area contributed by atoms with Crippen LogP contribution >= 0.6 is 0 Å². The minimum absolute atomic E-state index is 0. The van der Waals surface area contributed by atoms with Gasteiger partial charge in [0.2, 0.25) is 0 Å². The third-order valence-electron chi connectivity index (χ3n) is 0.172. The molecule has 0 saturated carbocycles. The lowest BCUT2D eigenvalue weighted by Crippen LogP contribution is -2.10. The third-order valence-corrected chi connectivity index (χ3v) is 1.55. The largest absolute Gasteiger partial charge is 0.413 e. The van der Waals surface area contributed by atoms with E-state index in [0.29, 0.717) is 0 Å². The lowest BCUT2D eigenvalue weighted by molar-refractivity contribution is 0.344. The van der Waals surface area contributed by atoms with E-state index < -0.39 is 20.8 Å². The SMILES string of the molecule is N.N.O=S(=O)(O)OS(=O)(=O)O. The highest BCUT2D eigenvalue weighted by Crippen LogP contribution is 1.91. The van der Waals surface area contributed by atoms with Gasteiger partial charge >= 0.3 is 20.8 Å². The summed E-state index contributed by atoms with van der Waals surface area (Å²) < 4.78 is 55.6. The van der Waals surface area contributed by atoms with Gasteiger partial charge in [-0.3, -0.25) is 9.11 Å². The van der Waals surface area contributed by atoms with Crippen molar-refractivity contribution in [2.24, 2.45) is 0 Å². The molecule has 0 aromatic carbocycles. The highest BCUT2D eigenvalue weighted by molar-refractivity contribution is 7.94. The first kappa shape index (κ1) is 17.0. The molecule has 0 aromatic heterocycles. The smallest absolute Gasteiger partial charge is 0.344 e. The van der Waals surface area contributed by atoms with Crippen LogP contribution < -0.4 is 12.3 Å². The van der Waals surface area contributed by atoms with E-state index in [2.05, 4.69) is 3.63 Å². The molecule has 11 heteroatoms. The van der Waals surface area contributed by atoms with E-state index in [1.807, 2.05) is 0 Å². The van der Waals surface area contributed by atoms with Gasteiger partial charge < -0.3 is 12.3 Å². The molecule has 0 amide bonds. The number of rotatable bonds is 2. The van der Waals surface area contributed by atoms with Gasteiger partial charge in [0.15, 0.2) is 0 Å². The minimum atomic E-state index is -5.12. The van der Waals surface area contributed by atoms with Crippen molar-refractivity contribution in [1.29, 1.82) is 0 Å². The van der Waals surface area contributed by atoms with Gasteiger partial charge in [0.25, 0.3) is 0 Å². The van der Waals surface area contributed by atoms with Crippen molar-refractivity contribution in [1.82, 2.24) is 12.3 Å². The summed E-state index contributed by atoms with van der Waals surface area (Å²) in [6, 6.07) is 0. The molecule has 0 unspecified atom stereocenters. The molecular formula is H8N2O7S2. The van der Waals surface area contributed by atoms with E-state index >= 15 is 0 Å². The van der Waals surface area contributed by atoms with Crippen molar-refractivity contribution in [3.05, 3.63) is 0 Å². The Kier molecular flexibility index (Phi) is 7.03. The van der Waals surface area contributed by atoms with Crippen LogP contribution in [-0.2, 0) is 24.4 Å². The number of hydrogen-bond donors (Lipinski definition) is 4. The Balaban J connectivity index is -0.000000320. The van der Waals surface area contributed by atoms with E-state index in [0.717, 1.165) is 0 Å². The topological polar surface area (TPSA) is 188 Å². The standard InChI is InChI=1S/2H3N.H2O7S2/c;;1-8(2,3)7-9(4,5)6/h2*1H3;(H,1,2,3)(H,4,5,6). The Morgan fingerprint density at radius 3 is 1.00 bits per heavy atom. The van der Waals surface area contributed by atoms with Crippen LogP contribution in [0.15, 0.2) is 0 Å². The van der Waals surface area contributed by atoms with Gasteiger partial charge in [-0.2, -0.15) is 16.8 Å². The van der Waals surface area contributed by atoms with Crippen LogP contribution in [0, 0.1) is 0 Å². The molecule has 0 radical (unpaired) electrons. The van der Waals surface area contributed by atoms with Crippen LogP contribution in [0.2, 0.25) is 0 Å². The van der Waals surface area contributed by atoms with E-state index in [9.17, 15) is 16.8 Å². The summed E-state index contributed by atoms with van der Waals surface area (Å²) in [6.07, 6.45) is 0. The van der Waals surface area contributed by atoms with Gasteiger partial charge in [0, 0.05) is 0 Å². The Morgan fingerprint density at radius 1 is 0.818 bits per heavy atom. The van der Waals surface area contributed by atoms with Gasteiger partial charge in [-0.25, -0.2) is 0 Å². The van der Waals surface area contributed by atoms with Crippen molar-refractivity contribution in [3.63, 3.8) is 0 Å². The molecule has 0 aromatic rings. The monoisotopic (exact) mass is 212 g/mol. The van der Waals surface area contributed by atoms with Crippen LogP contribution in [0.3, 0.4) is 0 Å². The zero-order chi connectivity index (χ0) is 7.71. The van der Waals surface area contributed by atoms with E-state index in [-0.39, 0.29) is 12.3 Å². The average Bonchev–Trinajstić information content (AvgIpc) is 1.14. The molecular weight excluding hydrogens is 204 g/mol. The molecule has 0 bridgehead atoms. The van der Waals surface area contributed by atoms with Gasteiger partial charge in [-0.15, -0.1) is 3.63 Å². The molecule has 72 valence electrons. The highest BCUT2D eigenvalue weighted by atomic mass is 32.3. The van der Waals surface area contributed by atoms with Gasteiger partial charge in [-0.1, -0.05) is 0 Å². The summed E-state index contributed by atoms with van der Waals surface area (Å²) in [5, 5.41) is 0. The Morgan fingerprint density at radius 2 is 1.00 bits per heavy atom. The van der Waals surface area contributed by atoms with Crippen molar-refractivity contribution in [2.45, 2.75) is 0 Å². The second-order valence-electron chi connectivity index (χ2n) is 0.924. The van der Waals surface area contributed by atoms with Crippen molar-refractivity contribution < 1.29 is 29.6 Å². The van der Waals surface area contributed by atoms with Crippen molar-refractivity contribution in [2.75, 3.05) is 0 Å². The first-order valence-corrected chi connectivity index (χ1v) is 4.10. The first-order valence-electron chi connectivity index (χ1n) is 1.37. The molecule has 0 aliphatic heterocycles. The van der Waals surface area contributed by atoms with Crippen LogP contribution in [-0.4, -0.2) is 25.9 Å². The van der Waals surface area contributed by atoms with E-state index in [4.69, 9.17) is 9.11 Å². The second-order valence-corrected chi connectivity index (χ2v) is 3.18. The summed E-state index contributed by atoms with van der Waals surface area (Å²) >= 11 is 0. The maximum Gasteiger partial charge on any atom is 0.413 e. The quantitative estimate of drug-likeness (QED) is 0.413. The van der Waals surface area contributed by atoms with Crippen LogP contribution in [0.4, 0.5) is 0 Å². The van der Waals surface area contributed by atoms with Gasteiger partial charge in [0.05, 0.1) is 0 Å². The Bertz CT molecular complexity index is 240. The number of hydrogen-bond acceptors (Lipinski definition) is 7. The Hall–Kier alpha value is -0.300. The minimum Gasteiger partial charge on any atom is -0.344 e. The normalized spacial score (nSPS) is 11.1.